The van der Waals surface area contributed by atoms with Gasteiger partial charge in [-0.25, -0.2) is 0 Å². The molecule has 0 aliphatic rings. The Bertz CT molecular complexity index is 220. The van der Waals surface area contributed by atoms with Crippen LogP contribution >= 0.6 is 9.24 Å². The second kappa shape index (κ2) is 3.68. The van der Waals surface area contributed by atoms with Gasteiger partial charge in [0.05, 0.1) is 17.7 Å². The normalized spacial score (nSPS) is 10.2. The van der Waals surface area contributed by atoms with Gasteiger partial charge in [-0.2, -0.15) is 0 Å². The Morgan fingerprint density at radius 1 is 1.45 bits per heavy atom. The second-order valence-electron chi connectivity index (χ2n) is 2.59. The summed E-state index contributed by atoms with van der Waals surface area (Å²) in [5.41, 5.74) is 0.932. The van der Waals surface area contributed by atoms with Gasteiger partial charge in [-0.15, -0.1) is 0 Å². The van der Waals surface area contributed by atoms with Gasteiger partial charge in [0.15, 0.2) is 0 Å². The SMILES string of the molecule is CC(C)Oc1ccc(P)nc1. The molecule has 0 aliphatic heterocycles. The zero-order valence-electron chi connectivity index (χ0n) is 6.74. The largest absolute Gasteiger partial charge is 0.489 e. The molecule has 11 heavy (non-hydrogen) atoms. The highest BCUT2D eigenvalue weighted by Gasteiger charge is 1.95. The summed E-state index contributed by atoms with van der Waals surface area (Å²) in [6.45, 7) is 3.99. The molecular weight excluding hydrogens is 157 g/mol. The van der Waals surface area contributed by atoms with Crippen LogP contribution in [0.2, 0.25) is 0 Å². The summed E-state index contributed by atoms with van der Waals surface area (Å²) in [5, 5.41) is 0. The topological polar surface area (TPSA) is 22.1 Å². The minimum atomic E-state index is 0.215. The van der Waals surface area contributed by atoms with Crippen LogP contribution < -0.4 is 10.2 Å². The lowest BCUT2D eigenvalue weighted by Gasteiger charge is -2.08. The molecular formula is C8H12NOP. The van der Waals surface area contributed by atoms with Gasteiger partial charge in [-0.05, 0) is 26.0 Å². The monoisotopic (exact) mass is 169 g/mol. The number of aromatic nitrogens is 1. The van der Waals surface area contributed by atoms with Crippen LogP contribution in [0.3, 0.4) is 0 Å². The van der Waals surface area contributed by atoms with Crippen LogP contribution in [0, 0.1) is 0 Å². The third-order valence-electron chi connectivity index (χ3n) is 1.13. The van der Waals surface area contributed by atoms with E-state index in [4.69, 9.17) is 4.74 Å². The van der Waals surface area contributed by atoms with Crippen LogP contribution in [-0.2, 0) is 0 Å². The van der Waals surface area contributed by atoms with E-state index in [-0.39, 0.29) is 6.10 Å². The average molecular weight is 169 g/mol. The minimum absolute atomic E-state index is 0.215. The van der Waals surface area contributed by atoms with E-state index in [2.05, 4.69) is 14.2 Å². The maximum absolute atomic E-state index is 5.40. The Morgan fingerprint density at radius 2 is 2.18 bits per heavy atom. The smallest absolute Gasteiger partial charge is 0.138 e. The highest BCUT2D eigenvalue weighted by molar-refractivity contribution is 7.26. The van der Waals surface area contributed by atoms with Crippen LogP contribution in [0.4, 0.5) is 0 Å². The zero-order chi connectivity index (χ0) is 8.27. The number of ether oxygens (including phenoxy) is 1. The minimum Gasteiger partial charge on any atom is -0.489 e. The van der Waals surface area contributed by atoms with Crippen molar-refractivity contribution in [3.05, 3.63) is 18.3 Å². The first-order chi connectivity index (χ1) is 5.18. The quantitative estimate of drug-likeness (QED) is 0.624. The molecule has 0 N–H and O–H groups in total. The van der Waals surface area contributed by atoms with Crippen molar-refractivity contribution in [2.45, 2.75) is 20.0 Å². The van der Waals surface area contributed by atoms with E-state index in [1.54, 1.807) is 6.20 Å². The lowest BCUT2D eigenvalue weighted by atomic mass is 10.4. The van der Waals surface area contributed by atoms with Gasteiger partial charge >= 0.3 is 0 Å². The highest BCUT2D eigenvalue weighted by Crippen LogP contribution is 2.08. The molecule has 1 rings (SSSR count). The molecule has 0 fully saturated rings. The zero-order valence-corrected chi connectivity index (χ0v) is 7.90. The van der Waals surface area contributed by atoms with Gasteiger partial charge < -0.3 is 4.74 Å². The van der Waals surface area contributed by atoms with Crippen molar-refractivity contribution in [3.63, 3.8) is 0 Å². The summed E-state index contributed by atoms with van der Waals surface area (Å²) in [6, 6.07) is 3.82. The van der Waals surface area contributed by atoms with Crippen LogP contribution in [0.25, 0.3) is 0 Å². The van der Waals surface area contributed by atoms with Gasteiger partial charge in [0.1, 0.15) is 5.75 Å². The fourth-order valence-corrected chi connectivity index (χ4v) is 0.904. The Kier molecular flexibility index (Phi) is 2.84. The van der Waals surface area contributed by atoms with E-state index in [1.807, 2.05) is 26.0 Å². The average Bonchev–Trinajstić information content (AvgIpc) is 1.93. The number of rotatable bonds is 2. The number of nitrogens with zero attached hydrogens (tertiary/aromatic N) is 1. The standard InChI is InChI=1S/C8H12NOP/c1-6(2)10-7-3-4-8(11)9-5-7/h3-6H,11H2,1-2H3. The predicted molar refractivity (Wildman–Crippen MR) is 49.3 cm³/mol. The molecule has 1 unspecified atom stereocenters. The van der Waals surface area contributed by atoms with Crippen LogP contribution in [0.1, 0.15) is 13.8 Å². The lowest BCUT2D eigenvalue weighted by Crippen LogP contribution is -2.07. The van der Waals surface area contributed by atoms with Gasteiger partial charge in [0.2, 0.25) is 0 Å². The summed E-state index contributed by atoms with van der Waals surface area (Å²) in [6.07, 6.45) is 1.94. The van der Waals surface area contributed by atoms with Crippen molar-refractivity contribution >= 4 is 14.7 Å². The summed E-state index contributed by atoms with van der Waals surface area (Å²) in [4.78, 5) is 4.07. The van der Waals surface area contributed by atoms with Gasteiger partial charge in [-0.3, -0.25) is 4.98 Å². The van der Waals surface area contributed by atoms with Crippen LogP contribution in [-0.4, -0.2) is 11.1 Å². The molecule has 1 aromatic rings. The first-order valence-electron chi connectivity index (χ1n) is 3.56. The number of pyridine rings is 1. The van der Waals surface area contributed by atoms with Gasteiger partial charge in [0, 0.05) is 0 Å². The number of hydrogen-bond acceptors (Lipinski definition) is 2. The lowest BCUT2D eigenvalue weighted by molar-refractivity contribution is 0.241. The highest BCUT2D eigenvalue weighted by atomic mass is 31.0. The maximum Gasteiger partial charge on any atom is 0.138 e. The predicted octanol–water partition coefficient (Wildman–Crippen LogP) is 1.37. The van der Waals surface area contributed by atoms with Crippen molar-refractivity contribution in [3.8, 4) is 5.75 Å². The summed E-state index contributed by atoms with van der Waals surface area (Å²) < 4.78 is 5.40. The molecule has 0 aliphatic carbocycles. The fraction of sp³-hybridized carbons (Fsp3) is 0.375. The Hall–Kier alpha value is -0.620. The fourth-order valence-electron chi connectivity index (χ4n) is 0.734. The molecule has 3 heteroatoms. The van der Waals surface area contributed by atoms with E-state index in [1.165, 1.54) is 0 Å². The Balaban J connectivity index is 2.66. The molecule has 60 valence electrons. The first-order valence-corrected chi connectivity index (χ1v) is 4.14. The number of hydrogen-bond donors (Lipinski definition) is 0. The molecule has 0 bridgehead atoms. The van der Waals surface area contributed by atoms with Gasteiger partial charge in [-0.1, -0.05) is 9.24 Å². The molecule has 0 saturated carbocycles. The first kappa shape index (κ1) is 8.48. The third-order valence-corrected chi connectivity index (χ3v) is 1.47. The van der Waals surface area contributed by atoms with Gasteiger partial charge in [0.25, 0.3) is 0 Å². The van der Waals surface area contributed by atoms with E-state index < -0.39 is 0 Å². The molecule has 0 aromatic carbocycles. The molecule has 1 aromatic heterocycles. The molecule has 0 amide bonds. The molecule has 1 heterocycles. The Morgan fingerprint density at radius 3 is 2.64 bits per heavy atom. The maximum atomic E-state index is 5.40. The van der Waals surface area contributed by atoms with Crippen molar-refractivity contribution < 1.29 is 4.74 Å². The molecule has 1 atom stereocenters. The van der Waals surface area contributed by atoms with E-state index in [9.17, 15) is 0 Å². The van der Waals surface area contributed by atoms with Crippen molar-refractivity contribution in [2.24, 2.45) is 0 Å². The molecule has 0 saturated heterocycles. The van der Waals surface area contributed by atoms with Crippen LogP contribution in [0.15, 0.2) is 18.3 Å². The van der Waals surface area contributed by atoms with E-state index in [0.717, 1.165) is 11.2 Å². The van der Waals surface area contributed by atoms with E-state index >= 15 is 0 Å². The van der Waals surface area contributed by atoms with Crippen LogP contribution in [0.5, 0.6) is 5.75 Å². The van der Waals surface area contributed by atoms with Crippen molar-refractivity contribution in [2.75, 3.05) is 0 Å². The van der Waals surface area contributed by atoms with E-state index in [0.29, 0.717) is 0 Å². The molecule has 0 radical (unpaired) electrons. The summed E-state index contributed by atoms with van der Waals surface area (Å²) in [5.74, 6) is 0.825. The molecule has 0 spiro atoms. The molecule has 2 nitrogen and oxygen atoms in total. The van der Waals surface area contributed by atoms with Crippen molar-refractivity contribution in [1.82, 2.24) is 4.98 Å². The Labute approximate surface area is 69.2 Å². The second-order valence-corrected chi connectivity index (χ2v) is 3.18. The summed E-state index contributed by atoms with van der Waals surface area (Å²) in [7, 11) is 2.53. The van der Waals surface area contributed by atoms with Crippen molar-refractivity contribution in [1.29, 1.82) is 0 Å². The third kappa shape index (κ3) is 2.85. The summed E-state index contributed by atoms with van der Waals surface area (Å²) >= 11 is 0.